The third-order valence-electron chi connectivity index (χ3n) is 3.97. The van der Waals surface area contributed by atoms with Crippen molar-refractivity contribution >= 4 is 5.91 Å². The van der Waals surface area contributed by atoms with Crippen LogP contribution in [0.1, 0.15) is 61.8 Å². The van der Waals surface area contributed by atoms with Crippen molar-refractivity contribution in [2.45, 2.75) is 58.0 Å². The number of rotatable bonds is 5. The molecule has 0 saturated heterocycles. The van der Waals surface area contributed by atoms with Crippen molar-refractivity contribution in [2.75, 3.05) is 0 Å². The van der Waals surface area contributed by atoms with E-state index in [2.05, 4.69) is 12.2 Å². The summed E-state index contributed by atoms with van der Waals surface area (Å²) in [6.07, 6.45) is 7.20. The van der Waals surface area contributed by atoms with Crippen molar-refractivity contribution in [1.82, 2.24) is 5.32 Å². The van der Waals surface area contributed by atoms with Crippen LogP contribution >= 0.6 is 0 Å². The van der Waals surface area contributed by atoms with Gasteiger partial charge in [0.2, 0.25) is 0 Å². The molecule has 1 heterocycles. The zero-order valence-corrected chi connectivity index (χ0v) is 11.7. The molecule has 0 atom stereocenters. The van der Waals surface area contributed by atoms with Gasteiger partial charge < -0.3 is 15.5 Å². The largest absolute Gasteiger partial charge is 0.455 e. The van der Waals surface area contributed by atoms with Gasteiger partial charge in [-0.2, -0.15) is 0 Å². The average molecular weight is 264 g/mol. The Kier molecular flexibility index (Phi) is 5.02. The molecule has 3 N–H and O–H groups in total. The predicted octanol–water partition coefficient (Wildman–Crippen LogP) is 2.83. The van der Waals surface area contributed by atoms with Gasteiger partial charge >= 0.3 is 0 Å². The second-order valence-electron chi connectivity index (χ2n) is 5.45. The van der Waals surface area contributed by atoms with Crippen LogP contribution in [0.5, 0.6) is 0 Å². The third-order valence-corrected chi connectivity index (χ3v) is 3.97. The summed E-state index contributed by atoms with van der Waals surface area (Å²) in [6.45, 7) is 2.56. The van der Waals surface area contributed by atoms with E-state index in [-0.39, 0.29) is 5.91 Å². The summed E-state index contributed by atoms with van der Waals surface area (Å²) in [5, 5.41) is 3.06. The van der Waals surface area contributed by atoms with E-state index in [1.165, 1.54) is 25.7 Å². The van der Waals surface area contributed by atoms with Crippen LogP contribution < -0.4 is 11.1 Å². The molecule has 0 aliphatic heterocycles. The monoisotopic (exact) mass is 264 g/mol. The minimum atomic E-state index is -0.112. The van der Waals surface area contributed by atoms with Crippen molar-refractivity contribution in [2.24, 2.45) is 11.7 Å². The van der Waals surface area contributed by atoms with Crippen LogP contribution in [0.15, 0.2) is 16.5 Å². The van der Waals surface area contributed by atoms with Gasteiger partial charge in [-0.3, -0.25) is 4.79 Å². The SMILES string of the molecule is CCCC1CCC(NC(=O)c2ccc(CN)o2)CC1. The highest BCUT2D eigenvalue weighted by atomic mass is 16.4. The number of carbonyl (C=O) groups excluding carboxylic acids is 1. The molecule has 1 aliphatic rings. The first kappa shape index (κ1) is 14.1. The maximum absolute atomic E-state index is 12.0. The highest BCUT2D eigenvalue weighted by Crippen LogP contribution is 2.27. The van der Waals surface area contributed by atoms with Crippen LogP contribution in [0.3, 0.4) is 0 Å². The average Bonchev–Trinajstić information content (AvgIpc) is 2.90. The lowest BCUT2D eigenvalue weighted by Gasteiger charge is -2.28. The molecule has 1 amide bonds. The Morgan fingerprint density at radius 2 is 2.11 bits per heavy atom. The van der Waals surface area contributed by atoms with Crippen LogP contribution in [-0.4, -0.2) is 11.9 Å². The van der Waals surface area contributed by atoms with E-state index in [0.717, 1.165) is 18.8 Å². The summed E-state index contributed by atoms with van der Waals surface area (Å²) < 4.78 is 5.36. The Balaban J connectivity index is 1.80. The summed E-state index contributed by atoms with van der Waals surface area (Å²) in [6, 6.07) is 3.75. The molecule has 106 valence electrons. The molecule has 1 saturated carbocycles. The van der Waals surface area contributed by atoms with E-state index in [1.807, 2.05) is 0 Å². The molecule has 4 nitrogen and oxygen atoms in total. The normalized spacial score (nSPS) is 23.3. The molecular formula is C15H24N2O2. The van der Waals surface area contributed by atoms with E-state index in [4.69, 9.17) is 10.2 Å². The summed E-state index contributed by atoms with van der Waals surface area (Å²) in [7, 11) is 0. The van der Waals surface area contributed by atoms with Gasteiger partial charge in [-0.05, 0) is 43.7 Å². The molecule has 0 bridgehead atoms. The fourth-order valence-corrected chi connectivity index (χ4v) is 2.87. The van der Waals surface area contributed by atoms with Gasteiger partial charge in [-0.1, -0.05) is 19.8 Å². The highest BCUT2D eigenvalue weighted by molar-refractivity contribution is 5.91. The van der Waals surface area contributed by atoms with Crippen molar-refractivity contribution < 1.29 is 9.21 Å². The number of nitrogens with one attached hydrogen (secondary N) is 1. The maximum Gasteiger partial charge on any atom is 0.287 e. The van der Waals surface area contributed by atoms with Crippen LogP contribution in [0.25, 0.3) is 0 Å². The van der Waals surface area contributed by atoms with Gasteiger partial charge in [0, 0.05) is 6.04 Å². The molecule has 0 aromatic carbocycles. The lowest BCUT2D eigenvalue weighted by Crippen LogP contribution is -2.37. The van der Waals surface area contributed by atoms with Crippen molar-refractivity contribution in [1.29, 1.82) is 0 Å². The van der Waals surface area contributed by atoms with Crippen molar-refractivity contribution in [3.63, 3.8) is 0 Å². The topological polar surface area (TPSA) is 68.3 Å². The van der Waals surface area contributed by atoms with Crippen LogP contribution in [0.2, 0.25) is 0 Å². The van der Waals surface area contributed by atoms with Crippen molar-refractivity contribution in [3.05, 3.63) is 23.7 Å². The molecule has 1 aromatic heterocycles. The second-order valence-corrected chi connectivity index (χ2v) is 5.45. The first-order chi connectivity index (χ1) is 9.22. The minimum Gasteiger partial charge on any atom is -0.455 e. The Labute approximate surface area is 114 Å². The van der Waals surface area contributed by atoms with Gasteiger partial charge in [0.25, 0.3) is 5.91 Å². The fraction of sp³-hybridized carbons (Fsp3) is 0.667. The van der Waals surface area contributed by atoms with Crippen molar-refractivity contribution in [3.8, 4) is 0 Å². The van der Waals surface area contributed by atoms with E-state index >= 15 is 0 Å². The summed E-state index contributed by atoms with van der Waals surface area (Å²) in [5.41, 5.74) is 5.47. The number of hydrogen-bond acceptors (Lipinski definition) is 3. The number of amides is 1. The lowest BCUT2D eigenvalue weighted by atomic mass is 9.83. The van der Waals surface area contributed by atoms with E-state index in [1.54, 1.807) is 12.1 Å². The molecule has 0 spiro atoms. The van der Waals surface area contributed by atoms with Crippen LogP contribution in [0.4, 0.5) is 0 Å². The zero-order valence-electron chi connectivity index (χ0n) is 11.7. The smallest absolute Gasteiger partial charge is 0.287 e. The number of nitrogens with two attached hydrogens (primary N) is 1. The molecule has 4 heteroatoms. The molecule has 19 heavy (non-hydrogen) atoms. The number of hydrogen-bond donors (Lipinski definition) is 2. The van der Waals surface area contributed by atoms with E-state index < -0.39 is 0 Å². The predicted molar refractivity (Wildman–Crippen MR) is 74.7 cm³/mol. The van der Waals surface area contributed by atoms with Crippen LogP contribution in [0, 0.1) is 5.92 Å². The summed E-state index contributed by atoms with van der Waals surface area (Å²) in [4.78, 5) is 12.0. The Hall–Kier alpha value is -1.29. The van der Waals surface area contributed by atoms with E-state index in [0.29, 0.717) is 24.1 Å². The molecule has 1 aliphatic carbocycles. The van der Waals surface area contributed by atoms with Gasteiger partial charge in [0.15, 0.2) is 5.76 Å². The minimum absolute atomic E-state index is 0.112. The Morgan fingerprint density at radius 3 is 2.68 bits per heavy atom. The van der Waals surface area contributed by atoms with Crippen LogP contribution in [-0.2, 0) is 6.54 Å². The van der Waals surface area contributed by atoms with E-state index in [9.17, 15) is 4.79 Å². The molecule has 1 aromatic rings. The first-order valence-electron chi connectivity index (χ1n) is 7.32. The summed E-state index contributed by atoms with van der Waals surface area (Å²) in [5.74, 6) is 1.76. The van der Waals surface area contributed by atoms with Gasteiger partial charge in [-0.15, -0.1) is 0 Å². The maximum atomic E-state index is 12.0. The Bertz CT molecular complexity index is 406. The molecule has 0 radical (unpaired) electrons. The molecule has 0 unspecified atom stereocenters. The van der Waals surface area contributed by atoms with Gasteiger partial charge in [0.05, 0.1) is 6.54 Å². The number of carbonyl (C=O) groups is 1. The van der Waals surface area contributed by atoms with Gasteiger partial charge in [-0.25, -0.2) is 0 Å². The number of furan rings is 1. The van der Waals surface area contributed by atoms with Gasteiger partial charge in [0.1, 0.15) is 5.76 Å². The lowest BCUT2D eigenvalue weighted by molar-refractivity contribution is 0.0891. The fourth-order valence-electron chi connectivity index (χ4n) is 2.87. The highest BCUT2D eigenvalue weighted by Gasteiger charge is 2.23. The second kappa shape index (κ2) is 6.75. The zero-order chi connectivity index (χ0) is 13.7. The quantitative estimate of drug-likeness (QED) is 0.859. The Morgan fingerprint density at radius 1 is 1.37 bits per heavy atom. The molecule has 1 fully saturated rings. The molecular weight excluding hydrogens is 240 g/mol. The standard InChI is InChI=1S/C15H24N2O2/c1-2-3-11-4-6-12(7-5-11)17-15(18)14-9-8-13(10-16)19-14/h8-9,11-12H,2-7,10,16H2,1H3,(H,17,18). The first-order valence-corrected chi connectivity index (χ1v) is 7.32. The summed E-state index contributed by atoms with van der Waals surface area (Å²) >= 11 is 0. The molecule has 2 rings (SSSR count). The third kappa shape index (κ3) is 3.83.